The Morgan fingerprint density at radius 3 is 2.78 bits per heavy atom. The molecule has 0 radical (unpaired) electrons. The minimum atomic E-state index is -0.505. The average Bonchev–Trinajstić information content (AvgIpc) is 3.00. The molecule has 6 nitrogen and oxygen atoms in total. The number of hydrogen-bond donors (Lipinski definition) is 2. The maximum Gasteiger partial charge on any atom is 0.233 e. The molecule has 7 heteroatoms. The molecule has 118 valence electrons. The third kappa shape index (κ3) is 2.87. The van der Waals surface area contributed by atoms with Crippen LogP contribution in [0.5, 0.6) is 5.88 Å². The number of ether oxygens (including phenoxy) is 1. The molecule has 1 fully saturated rings. The molecule has 0 bridgehead atoms. The van der Waals surface area contributed by atoms with Gasteiger partial charge in [-0.05, 0) is 38.1 Å². The van der Waals surface area contributed by atoms with Crippen LogP contribution in [0.4, 0.5) is 4.39 Å². The van der Waals surface area contributed by atoms with E-state index >= 15 is 0 Å². The standard InChI is InChI=1S/C16H16FN5O/c17-13-2-1-10(7-19-13)12-8-20-16-15(12)22-14(9-21-16)23-11-3-5-18-6-4-11/h1-2,7-9,11,18H,3-6H2,(H,20,21). The fourth-order valence-electron chi connectivity index (χ4n) is 2.77. The summed E-state index contributed by atoms with van der Waals surface area (Å²) in [5.74, 6) is 0.00919. The van der Waals surface area contributed by atoms with Gasteiger partial charge in [-0.3, -0.25) is 0 Å². The number of halogens is 1. The Bertz CT molecular complexity index is 811. The van der Waals surface area contributed by atoms with Crippen molar-refractivity contribution in [3.05, 3.63) is 36.7 Å². The lowest BCUT2D eigenvalue weighted by Crippen LogP contribution is -2.34. The number of rotatable bonds is 3. The lowest BCUT2D eigenvalue weighted by atomic mass is 10.1. The topological polar surface area (TPSA) is 75.7 Å². The van der Waals surface area contributed by atoms with Crippen LogP contribution in [0.1, 0.15) is 12.8 Å². The van der Waals surface area contributed by atoms with Crippen LogP contribution in [0.3, 0.4) is 0 Å². The number of nitrogens with zero attached hydrogens (tertiary/aromatic N) is 3. The largest absolute Gasteiger partial charge is 0.473 e. The van der Waals surface area contributed by atoms with Crippen molar-refractivity contribution in [3.8, 4) is 17.0 Å². The van der Waals surface area contributed by atoms with Crippen molar-refractivity contribution >= 4 is 11.2 Å². The number of H-pyrrole nitrogens is 1. The fraction of sp³-hybridized carbons (Fsp3) is 0.312. The Labute approximate surface area is 132 Å². The number of aromatic amines is 1. The Kier molecular flexibility index (Phi) is 3.63. The molecule has 3 aromatic rings. The van der Waals surface area contributed by atoms with Crippen LogP contribution < -0.4 is 10.1 Å². The summed E-state index contributed by atoms with van der Waals surface area (Å²) < 4.78 is 18.9. The maximum absolute atomic E-state index is 13.0. The second-order valence-corrected chi connectivity index (χ2v) is 5.54. The van der Waals surface area contributed by atoms with Crippen LogP contribution in [0, 0.1) is 5.95 Å². The van der Waals surface area contributed by atoms with Gasteiger partial charge in [0.2, 0.25) is 11.8 Å². The second kappa shape index (κ2) is 5.92. The molecule has 0 aromatic carbocycles. The molecule has 1 aliphatic rings. The molecular formula is C16H16FN5O. The Balaban J connectivity index is 1.66. The molecule has 0 atom stereocenters. The molecule has 0 spiro atoms. The van der Waals surface area contributed by atoms with Gasteiger partial charge in [0, 0.05) is 23.5 Å². The van der Waals surface area contributed by atoms with Gasteiger partial charge in [0.25, 0.3) is 0 Å². The van der Waals surface area contributed by atoms with E-state index in [2.05, 4.69) is 25.3 Å². The van der Waals surface area contributed by atoms with E-state index in [0.717, 1.165) is 37.1 Å². The molecule has 0 saturated carbocycles. The number of aromatic nitrogens is 4. The zero-order valence-electron chi connectivity index (χ0n) is 12.4. The summed E-state index contributed by atoms with van der Waals surface area (Å²) in [6.45, 7) is 1.91. The fourth-order valence-corrected chi connectivity index (χ4v) is 2.77. The summed E-state index contributed by atoms with van der Waals surface area (Å²) in [6.07, 6.45) is 7.00. The zero-order chi connectivity index (χ0) is 15.6. The van der Waals surface area contributed by atoms with E-state index in [1.807, 2.05) is 0 Å². The average molecular weight is 313 g/mol. The van der Waals surface area contributed by atoms with Crippen molar-refractivity contribution in [2.75, 3.05) is 13.1 Å². The van der Waals surface area contributed by atoms with Gasteiger partial charge in [-0.1, -0.05) is 0 Å². The number of fused-ring (bicyclic) bond motifs is 1. The molecule has 0 aliphatic carbocycles. The monoisotopic (exact) mass is 313 g/mol. The molecule has 1 aliphatic heterocycles. The molecule has 23 heavy (non-hydrogen) atoms. The third-order valence-electron chi connectivity index (χ3n) is 3.97. The van der Waals surface area contributed by atoms with Crippen molar-refractivity contribution in [2.45, 2.75) is 18.9 Å². The zero-order valence-corrected chi connectivity index (χ0v) is 12.4. The third-order valence-corrected chi connectivity index (χ3v) is 3.97. The number of pyridine rings is 1. The van der Waals surface area contributed by atoms with Gasteiger partial charge in [0.1, 0.15) is 11.6 Å². The van der Waals surface area contributed by atoms with E-state index in [4.69, 9.17) is 4.74 Å². The van der Waals surface area contributed by atoms with Gasteiger partial charge in [-0.2, -0.15) is 4.39 Å². The predicted molar refractivity (Wildman–Crippen MR) is 83.6 cm³/mol. The van der Waals surface area contributed by atoms with Crippen molar-refractivity contribution < 1.29 is 9.13 Å². The highest BCUT2D eigenvalue weighted by atomic mass is 19.1. The normalized spacial score (nSPS) is 15.9. The van der Waals surface area contributed by atoms with Gasteiger partial charge in [0.15, 0.2) is 5.65 Å². The van der Waals surface area contributed by atoms with Crippen molar-refractivity contribution in [3.63, 3.8) is 0 Å². The molecule has 1 saturated heterocycles. The molecular weight excluding hydrogens is 297 g/mol. The van der Waals surface area contributed by atoms with E-state index in [0.29, 0.717) is 17.0 Å². The van der Waals surface area contributed by atoms with Crippen LogP contribution in [-0.4, -0.2) is 39.1 Å². The van der Waals surface area contributed by atoms with Crippen LogP contribution >= 0.6 is 0 Å². The van der Waals surface area contributed by atoms with E-state index in [9.17, 15) is 4.39 Å². The number of piperidine rings is 1. The first-order chi connectivity index (χ1) is 11.3. The van der Waals surface area contributed by atoms with Crippen molar-refractivity contribution in [2.24, 2.45) is 0 Å². The molecule has 4 rings (SSSR count). The van der Waals surface area contributed by atoms with Crippen LogP contribution in [0.25, 0.3) is 22.3 Å². The lowest BCUT2D eigenvalue weighted by Gasteiger charge is -2.22. The molecule has 0 amide bonds. The highest BCUT2D eigenvalue weighted by Crippen LogP contribution is 2.27. The van der Waals surface area contributed by atoms with Gasteiger partial charge in [-0.15, -0.1) is 0 Å². The summed E-state index contributed by atoms with van der Waals surface area (Å²) >= 11 is 0. The summed E-state index contributed by atoms with van der Waals surface area (Å²) in [4.78, 5) is 15.7. The highest BCUT2D eigenvalue weighted by Gasteiger charge is 2.16. The number of nitrogens with one attached hydrogen (secondary N) is 2. The Hall–Kier alpha value is -2.54. The summed E-state index contributed by atoms with van der Waals surface area (Å²) in [7, 11) is 0. The maximum atomic E-state index is 13.0. The van der Waals surface area contributed by atoms with E-state index in [1.54, 1.807) is 18.5 Å². The van der Waals surface area contributed by atoms with E-state index in [-0.39, 0.29) is 6.10 Å². The molecule has 3 aromatic heterocycles. The van der Waals surface area contributed by atoms with E-state index < -0.39 is 5.95 Å². The summed E-state index contributed by atoms with van der Waals surface area (Å²) in [5.41, 5.74) is 2.98. The predicted octanol–water partition coefficient (Wildman–Crippen LogP) is 2.29. The molecule has 4 heterocycles. The van der Waals surface area contributed by atoms with Crippen molar-refractivity contribution in [1.82, 2.24) is 25.3 Å². The minimum absolute atomic E-state index is 0.165. The first kappa shape index (κ1) is 14.1. The highest BCUT2D eigenvalue weighted by molar-refractivity contribution is 5.90. The lowest BCUT2D eigenvalue weighted by molar-refractivity contribution is 0.156. The van der Waals surface area contributed by atoms with Gasteiger partial charge in [0.05, 0.1) is 6.20 Å². The smallest absolute Gasteiger partial charge is 0.233 e. The summed E-state index contributed by atoms with van der Waals surface area (Å²) in [5, 5.41) is 3.30. The second-order valence-electron chi connectivity index (χ2n) is 5.54. The van der Waals surface area contributed by atoms with Crippen LogP contribution in [0.15, 0.2) is 30.7 Å². The SMILES string of the molecule is Fc1ccc(-c2c[nH]c3ncc(OC4CCNCC4)nc23)cn1. The molecule has 2 N–H and O–H groups in total. The van der Waals surface area contributed by atoms with E-state index in [1.165, 1.54) is 12.3 Å². The first-order valence-corrected chi connectivity index (χ1v) is 7.63. The Morgan fingerprint density at radius 2 is 2.00 bits per heavy atom. The van der Waals surface area contributed by atoms with Crippen molar-refractivity contribution in [1.29, 1.82) is 0 Å². The summed E-state index contributed by atoms with van der Waals surface area (Å²) in [6, 6.07) is 3.00. The van der Waals surface area contributed by atoms with Crippen LogP contribution in [0.2, 0.25) is 0 Å². The van der Waals surface area contributed by atoms with Gasteiger partial charge in [-0.25, -0.2) is 15.0 Å². The molecule has 0 unspecified atom stereocenters. The number of hydrogen-bond acceptors (Lipinski definition) is 5. The van der Waals surface area contributed by atoms with Crippen LogP contribution in [-0.2, 0) is 0 Å². The Morgan fingerprint density at radius 1 is 1.13 bits per heavy atom. The first-order valence-electron chi connectivity index (χ1n) is 7.63. The van der Waals surface area contributed by atoms with Gasteiger partial charge < -0.3 is 15.0 Å². The quantitative estimate of drug-likeness (QED) is 0.726. The van der Waals surface area contributed by atoms with Gasteiger partial charge >= 0.3 is 0 Å². The minimum Gasteiger partial charge on any atom is -0.473 e.